The van der Waals surface area contributed by atoms with Crippen LogP contribution in [0.5, 0.6) is 0 Å². The molecule has 5 nitrogen and oxygen atoms in total. The van der Waals surface area contributed by atoms with E-state index in [0.717, 1.165) is 12.8 Å². The van der Waals surface area contributed by atoms with Crippen LogP contribution < -0.4 is 0 Å². The highest BCUT2D eigenvalue weighted by atomic mass is 16.6. The molecule has 0 unspecified atom stereocenters. The van der Waals surface area contributed by atoms with Crippen LogP contribution >= 0.6 is 0 Å². The summed E-state index contributed by atoms with van der Waals surface area (Å²) in [6.07, 6.45) is 1.45. The number of likely N-dealkylation sites (tertiary alicyclic amines) is 1. The SMILES string of the molecule is CC(C)(C)OC(=O)N1CC2(CC[C@@H](CO)O2)C1. The standard InChI is InChI=1S/C12H21NO4/c1-11(2,3)17-10(15)13-7-12(8-13)5-4-9(6-14)16-12/h9,14H,4-8H2,1-3H3/t9-/m0/s1. The number of hydrogen-bond acceptors (Lipinski definition) is 4. The quantitative estimate of drug-likeness (QED) is 0.750. The van der Waals surface area contributed by atoms with E-state index in [-0.39, 0.29) is 24.4 Å². The van der Waals surface area contributed by atoms with Crippen molar-refractivity contribution in [3.05, 3.63) is 0 Å². The maximum atomic E-state index is 11.7. The van der Waals surface area contributed by atoms with E-state index in [1.807, 2.05) is 20.8 Å². The van der Waals surface area contributed by atoms with Crippen LogP contribution in [0.3, 0.4) is 0 Å². The molecule has 0 aromatic heterocycles. The molecule has 0 aromatic carbocycles. The molecule has 1 amide bonds. The summed E-state index contributed by atoms with van der Waals surface area (Å²) in [5, 5.41) is 9.02. The minimum atomic E-state index is -0.454. The molecule has 2 aliphatic rings. The van der Waals surface area contributed by atoms with Gasteiger partial charge in [0.1, 0.15) is 11.2 Å². The van der Waals surface area contributed by atoms with Crippen LogP contribution in [0.4, 0.5) is 4.79 Å². The van der Waals surface area contributed by atoms with Gasteiger partial charge in [-0.1, -0.05) is 0 Å². The predicted molar refractivity (Wildman–Crippen MR) is 61.7 cm³/mol. The molecular formula is C12H21NO4. The summed E-state index contributed by atoms with van der Waals surface area (Å²) >= 11 is 0. The van der Waals surface area contributed by atoms with E-state index < -0.39 is 5.60 Å². The number of hydrogen-bond donors (Lipinski definition) is 1. The van der Waals surface area contributed by atoms with Crippen LogP contribution in [0.2, 0.25) is 0 Å². The first-order chi connectivity index (χ1) is 7.84. The normalized spacial score (nSPS) is 27.1. The zero-order chi connectivity index (χ0) is 12.7. The van der Waals surface area contributed by atoms with Crippen molar-refractivity contribution in [2.24, 2.45) is 0 Å². The van der Waals surface area contributed by atoms with Crippen LogP contribution in [0.1, 0.15) is 33.6 Å². The Hall–Kier alpha value is -0.810. The van der Waals surface area contributed by atoms with Crippen LogP contribution in [-0.4, -0.2) is 53.1 Å². The van der Waals surface area contributed by atoms with Crippen molar-refractivity contribution in [2.45, 2.75) is 50.9 Å². The Balaban J connectivity index is 1.81. The molecule has 98 valence electrons. The van der Waals surface area contributed by atoms with Gasteiger partial charge in [-0.15, -0.1) is 0 Å². The Kier molecular flexibility index (Phi) is 3.08. The first kappa shape index (κ1) is 12.6. The molecule has 1 atom stereocenters. The molecular weight excluding hydrogens is 222 g/mol. The number of ether oxygens (including phenoxy) is 2. The van der Waals surface area contributed by atoms with E-state index in [1.54, 1.807) is 4.90 Å². The van der Waals surface area contributed by atoms with Gasteiger partial charge >= 0.3 is 6.09 Å². The van der Waals surface area contributed by atoms with Crippen molar-refractivity contribution in [2.75, 3.05) is 19.7 Å². The molecule has 5 heteroatoms. The van der Waals surface area contributed by atoms with Gasteiger partial charge in [0.15, 0.2) is 0 Å². The zero-order valence-corrected chi connectivity index (χ0v) is 10.7. The molecule has 0 radical (unpaired) electrons. The van der Waals surface area contributed by atoms with Crippen molar-refractivity contribution in [3.8, 4) is 0 Å². The zero-order valence-electron chi connectivity index (χ0n) is 10.7. The van der Waals surface area contributed by atoms with Gasteiger partial charge in [0.2, 0.25) is 0 Å². The number of aliphatic hydroxyl groups excluding tert-OH is 1. The molecule has 17 heavy (non-hydrogen) atoms. The monoisotopic (exact) mass is 243 g/mol. The maximum absolute atomic E-state index is 11.7. The summed E-state index contributed by atoms with van der Waals surface area (Å²) in [7, 11) is 0. The molecule has 1 N–H and O–H groups in total. The Labute approximate surface area is 102 Å². The first-order valence-electron chi connectivity index (χ1n) is 6.10. The minimum Gasteiger partial charge on any atom is -0.444 e. The fourth-order valence-electron chi connectivity index (χ4n) is 2.36. The Morgan fingerprint density at radius 3 is 2.65 bits per heavy atom. The van der Waals surface area contributed by atoms with E-state index in [9.17, 15) is 4.79 Å². The lowest BCUT2D eigenvalue weighted by Crippen LogP contribution is -2.64. The summed E-state index contributed by atoms with van der Waals surface area (Å²) in [5.41, 5.74) is -0.672. The lowest BCUT2D eigenvalue weighted by atomic mass is 9.91. The van der Waals surface area contributed by atoms with E-state index in [2.05, 4.69) is 0 Å². The van der Waals surface area contributed by atoms with Crippen LogP contribution in [-0.2, 0) is 9.47 Å². The van der Waals surface area contributed by atoms with Crippen molar-refractivity contribution >= 4 is 6.09 Å². The van der Waals surface area contributed by atoms with E-state index in [1.165, 1.54) is 0 Å². The summed E-state index contributed by atoms with van der Waals surface area (Å²) in [4.78, 5) is 13.4. The molecule has 0 aromatic rings. The molecule has 2 aliphatic heterocycles. The van der Waals surface area contributed by atoms with Crippen LogP contribution in [0.25, 0.3) is 0 Å². The molecule has 0 bridgehead atoms. The van der Waals surface area contributed by atoms with Crippen molar-refractivity contribution in [1.82, 2.24) is 4.90 Å². The smallest absolute Gasteiger partial charge is 0.410 e. The third-order valence-electron chi connectivity index (χ3n) is 3.15. The molecule has 2 heterocycles. The summed E-state index contributed by atoms with van der Waals surface area (Å²) < 4.78 is 11.0. The lowest BCUT2D eigenvalue weighted by molar-refractivity contribution is -0.138. The Bertz CT molecular complexity index is 304. The fourth-order valence-corrected chi connectivity index (χ4v) is 2.36. The molecule has 0 saturated carbocycles. The van der Waals surface area contributed by atoms with Crippen LogP contribution in [0, 0.1) is 0 Å². The minimum absolute atomic E-state index is 0.0595. The summed E-state index contributed by atoms with van der Waals surface area (Å²) in [5.74, 6) is 0. The highest BCUT2D eigenvalue weighted by Crippen LogP contribution is 2.38. The molecule has 1 spiro atoms. The number of nitrogens with zero attached hydrogens (tertiary/aromatic N) is 1. The highest BCUT2D eigenvalue weighted by molar-refractivity contribution is 5.69. The second-order valence-electron chi connectivity index (χ2n) is 5.98. The van der Waals surface area contributed by atoms with Gasteiger partial charge < -0.3 is 19.5 Å². The van der Waals surface area contributed by atoms with Gasteiger partial charge in [0, 0.05) is 0 Å². The second-order valence-corrected chi connectivity index (χ2v) is 5.98. The number of rotatable bonds is 1. The average molecular weight is 243 g/mol. The third kappa shape index (κ3) is 2.72. The van der Waals surface area contributed by atoms with Gasteiger partial charge in [-0.05, 0) is 33.6 Å². The van der Waals surface area contributed by atoms with Crippen molar-refractivity contribution in [1.29, 1.82) is 0 Å². The van der Waals surface area contributed by atoms with E-state index >= 15 is 0 Å². The van der Waals surface area contributed by atoms with Crippen molar-refractivity contribution in [3.63, 3.8) is 0 Å². The van der Waals surface area contributed by atoms with Crippen molar-refractivity contribution < 1.29 is 19.4 Å². The van der Waals surface area contributed by atoms with E-state index in [0.29, 0.717) is 13.1 Å². The van der Waals surface area contributed by atoms with Crippen LogP contribution in [0.15, 0.2) is 0 Å². The lowest BCUT2D eigenvalue weighted by Gasteiger charge is -2.47. The molecule has 2 rings (SSSR count). The first-order valence-corrected chi connectivity index (χ1v) is 6.10. The number of amides is 1. The third-order valence-corrected chi connectivity index (χ3v) is 3.15. The average Bonchev–Trinajstić information content (AvgIpc) is 2.56. The Morgan fingerprint density at radius 2 is 2.18 bits per heavy atom. The maximum Gasteiger partial charge on any atom is 0.410 e. The van der Waals surface area contributed by atoms with Gasteiger partial charge in [-0.3, -0.25) is 0 Å². The largest absolute Gasteiger partial charge is 0.444 e. The number of carbonyl (C=O) groups excluding carboxylic acids is 1. The topological polar surface area (TPSA) is 59.0 Å². The van der Waals surface area contributed by atoms with Gasteiger partial charge in [0.25, 0.3) is 0 Å². The summed E-state index contributed by atoms with van der Waals surface area (Å²) in [6, 6.07) is 0. The Morgan fingerprint density at radius 1 is 1.53 bits per heavy atom. The molecule has 0 aliphatic carbocycles. The predicted octanol–water partition coefficient (Wildman–Crippen LogP) is 1.15. The fraction of sp³-hybridized carbons (Fsp3) is 0.917. The second kappa shape index (κ2) is 4.14. The summed E-state index contributed by atoms with van der Waals surface area (Å²) in [6.45, 7) is 6.79. The van der Waals surface area contributed by atoms with Gasteiger partial charge in [-0.2, -0.15) is 0 Å². The van der Waals surface area contributed by atoms with Gasteiger partial charge in [-0.25, -0.2) is 4.79 Å². The van der Waals surface area contributed by atoms with E-state index in [4.69, 9.17) is 14.6 Å². The highest BCUT2D eigenvalue weighted by Gasteiger charge is 2.51. The number of carbonyl (C=O) groups is 1. The number of aliphatic hydroxyl groups is 1. The van der Waals surface area contributed by atoms with Gasteiger partial charge in [0.05, 0.1) is 25.8 Å². The molecule has 2 saturated heterocycles. The molecule has 2 fully saturated rings.